The summed E-state index contributed by atoms with van der Waals surface area (Å²) in [5, 5.41) is 4.60. The number of benzene rings is 1. The Bertz CT molecular complexity index is 475. The molecule has 0 fully saturated rings. The van der Waals surface area contributed by atoms with Crippen LogP contribution in [-0.4, -0.2) is 31.1 Å². The Morgan fingerprint density at radius 2 is 1.60 bits per heavy atom. The molecule has 0 radical (unpaired) electrons. The lowest BCUT2D eigenvalue weighted by Crippen LogP contribution is -2.41. The summed E-state index contributed by atoms with van der Waals surface area (Å²) in [6, 6.07) is 6.61. The van der Waals surface area contributed by atoms with Crippen LogP contribution in [0.1, 0.15) is 5.56 Å². The smallest absolute Gasteiger partial charge is 0.354 e. The third-order valence-corrected chi connectivity index (χ3v) is 2.52. The maximum atomic E-state index is 11.8. The van der Waals surface area contributed by atoms with E-state index in [1.165, 1.54) is 0 Å². The van der Waals surface area contributed by atoms with Gasteiger partial charge >= 0.3 is 12.1 Å². The van der Waals surface area contributed by atoms with Crippen molar-refractivity contribution in [2.45, 2.75) is 12.6 Å². The normalized spacial score (nSPS) is 11.0. The van der Waals surface area contributed by atoms with E-state index in [2.05, 4.69) is 5.32 Å². The summed E-state index contributed by atoms with van der Waals surface area (Å²) in [6.45, 7) is -0.362. The number of alkyl halides is 3. The zero-order chi connectivity index (χ0) is 15.2. The largest absolute Gasteiger partial charge is 0.471 e. The van der Waals surface area contributed by atoms with E-state index in [1.54, 1.807) is 29.6 Å². The molecular weight excluding hydrogens is 297 g/mol. The van der Waals surface area contributed by atoms with Crippen molar-refractivity contribution in [2.75, 3.05) is 13.1 Å². The van der Waals surface area contributed by atoms with Gasteiger partial charge in [-0.2, -0.15) is 13.2 Å². The second-order valence-corrected chi connectivity index (χ2v) is 4.34. The summed E-state index contributed by atoms with van der Waals surface area (Å²) < 4.78 is 35.5. The first kappa shape index (κ1) is 16.3. The van der Waals surface area contributed by atoms with Gasteiger partial charge in [0.25, 0.3) is 0 Å². The van der Waals surface area contributed by atoms with Crippen molar-refractivity contribution in [1.82, 2.24) is 10.6 Å². The summed E-state index contributed by atoms with van der Waals surface area (Å²) in [6.07, 6.45) is -4.82. The average molecular weight is 309 g/mol. The fourth-order valence-electron chi connectivity index (χ4n) is 1.33. The van der Waals surface area contributed by atoms with Crippen LogP contribution in [0, 0.1) is 0 Å². The molecule has 1 aromatic rings. The quantitative estimate of drug-likeness (QED) is 0.813. The van der Waals surface area contributed by atoms with Gasteiger partial charge in [-0.05, 0) is 17.7 Å². The van der Waals surface area contributed by atoms with Gasteiger partial charge in [-0.25, -0.2) is 0 Å². The van der Waals surface area contributed by atoms with E-state index in [9.17, 15) is 22.8 Å². The van der Waals surface area contributed by atoms with Crippen molar-refractivity contribution < 1.29 is 22.8 Å². The number of rotatable bonds is 5. The molecule has 0 bridgehead atoms. The highest BCUT2D eigenvalue weighted by Crippen LogP contribution is 2.13. The Labute approximate surface area is 118 Å². The maximum absolute atomic E-state index is 11.8. The van der Waals surface area contributed by atoms with Crippen molar-refractivity contribution in [2.24, 2.45) is 0 Å². The van der Waals surface area contributed by atoms with E-state index >= 15 is 0 Å². The lowest BCUT2D eigenvalue weighted by Gasteiger charge is -2.08. The van der Waals surface area contributed by atoms with Crippen LogP contribution in [0.2, 0.25) is 5.02 Å². The van der Waals surface area contributed by atoms with Gasteiger partial charge in [0.05, 0.1) is 6.42 Å². The standard InChI is InChI=1S/C12H12ClF3N2O2/c13-9-3-1-8(2-4-9)7-10(19)17-5-6-18-11(20)12(14,15)16/h1-4H,5-7H2,(H,17,19)(H,18,20). The summed E-state index contributed by atoms with van der Waals surface area (Å²) in [5.74, 6) is -2.38. The van der Waals surface area contributed by atoms with Crippen molar-refractivity contribution in [3.63, 3.8) is 0 Å². The first-order valence-electron chi connectivity index (χ1n) is 5.65. The monoisotopic (exact) mass is 308 g/mol. The van der Waals surface area contributed by atoms with Crippen LogP contribution in [0.25, 0.3) is 0 Å². The minimum absolute atomic E-state index is 0.0752. The Morgan fingerprint density at radius 1 is 1.05 bits per heavy atom. The van der Waals surface area contributed by atoms with Crippen LogP contribution in [0.4, 0.5) is 13.2 Å². The number of hydrogen-bond acceptors (Lipinski definition) is 2. The van der Waals surface area contributed by atoms with E-state index in [1.807, 2.05) is 0 Å². The van der Waals surface area contributed by atoms with Gasteiger partial charge in [-0.3, -0.25) is 9.59 Å². The Kier molecular flexibility index (Phi) is 5.82. The molecular formula is C12H12ClF3N2O2. The summed E-state index contributed by atoms with van der Waals surface area (Å²) >= 11 is 5.68. The maximum Gasteiger partial charge on any atom is 0.471 e. The first-order valence-corrected chi connectivity index (χ1v) is 6.03. The fourth-order valence-corrected chi connectivity index (χ4v) is 1.45. The number of halogens is 4. The molecule has 2 amide bonds. The van der Waals surface area contributed by atoms with Gasteiger partial charge in [-0.1, -0.05) is 23.7 Å². The number of nitrogens with one attached hydrogen (secondary N) is 2. The van der Waals surface area contributed by atoms with Gasteiger partial charge < -0.3 is 10.6 Å². The average Bonchev–Trinajstić information content (AvgIpc) is 2.36. The molecule has 0 unspecified atom stereocenters. The molecule has 8 heteroatoms. The first-order chi connectivity index (χ1) is 9.29. The predicted molar refractivity (Wildman–Crippen MR) is 67.2 cm³/mol. The highest BCUT2D eigenvalue weighted by Gasteiger charge is 2.38. The van der Waals surface area contributed by atoms with Crippen molar-refractivity contribution in [1.29, 1.82) is 0 Å². The molecule has 0 spiro atoms. The molecule has 0 aliphatic heterocycles. The lowest BCUT2D eigenvalue weighted by atomic mass is 10.1. The molecule has 0 aliphatic rings. The minimum atomic E-state index is -4.91. The van der Waals surface area contributed by atoms with Crippen LogP contribution in [0.3, 0.4) is 0 Å². The molecule has 0 saturated heterocycles. The van der Waals surface area contributed by atoms with Gasteiger partial charge in [0.15, 0.2) is 0 Å². The molecule has 1 aromatic carbocycles. The third kappa shape index (κ3) is 5.92. The van der Waals surface area contributed by atoms with E-state index in [0.29, 0.717) is 5.02 Å². The highest BCUT2D eigenvalue weighted by atomic mass is 35.5. The molecule has 4 nitrogen and oxygen atoms in total. The molecule has 20 heavy (non-hydrogen) atoms. The lowest BCUT2D eigenvalue weighted by molar-refractivity contribution is -0.173. The predicted octanol–water partition coefficient (Wildman–Crippen LogP) is 1.68. The van der Waals surface area contributed by atoms with Gasteiger partial charge in [0.2, 0.25) is 5.91 Å². The molecule has 2 N–H and O–H groups in total. The molecule has 0 atom stereocenters. The fraction of sp³-hybridized carbons (Fsp3) is 0.333. The number of carbonyl (C=O) groups is 2. The van der Waals surface area contributed by atoms with Crippen LogP contribution in [-0.2, 0) is 16.0 Å². The zero-order valence-electron chi connectivity index (χ0n) is 10.3. The Balaban J connectivity index is 2.24. The van der Waals surface area contributed by atoms with Crippen molar-refractivity contribution >= 4 is 23.4 Å². The summed E-state index contributed by atoms with van der Waals surface area (Å²) in [4.78, 5) is 21.9. The van der Waals surface area contributed by atoms with Crippen molar-refractivity contribution in [3.05, 3.63) is 34.9 Å². The topological polar surface area (TPSA) is 58.2 Å². The third-order valence-electron chi connectivity index (χ3n) is 2.27. The van der Waals surface area contributed by atoms with Crippen LogP contribution >= 0.6 is 11.6 Å². The summed E-state index contributed by atoms with van der Waals surface area (Å²) in [7, 11) is 0. The van der Waals surface area contributed by atoms with Gasteiger partial charge in [-0.15, -0.1) is 0 Å². The van der Waals surface area contributed by atoms with E-state index in [0.717, 1.165) is 5.56 Å². The number of amides is 2. The molecule has 0 saturated carbocycles. The SMILES string of the molecule is O=C(Cc1ccc(Cl)cc1)NCCNC(=O)C(F)(F)F. The van der Waals surface area contributed by atoms with Crippen LogP contribution in [0.5, 0.6) is 0 Å². The van der Waals surface area contributed by atoms with Crippen LogP contribution in [0.15, 0.2) is 24.3 Å². The van der Waals surface area contributed by atoms with Crippen molar-refractivity contribution in [3.8, 4) is 0 Å². The van der Waals surface area contributed by atoms with E-state index < -0.39 is 12.1 Å². The molecule has 0 aliphatic carbocycles. The van der Waals surface area contributed by atoms with Gasteiger partial charge in [0.1, 0.15) is 0 Å². The molecule has 0 heterocycles. The molecule has 110 valence electrons. The Hall–Kier alpha value is -1.76. The zero-order valence-corrected chi connectivity index (χ0v) is 11.0. The van der Waals surface area contributed by atoms with Gasteiger partial charge in [0, 0.05) is 18.1 Å². The number of carbonyl (C=O) groups excluding carboxylic acids is 2. The van der Waals surface area contributed by atoms with E-state index in [-0.39, 0.29) is 25.4 Å². The molecule has 0 aromatic heterocycles. The highest BCUT2D eigenvalue weighted by molar-refractivity contribution is 6.30. The second-order valence-electron chi connectivity index (χ2n) is 3.91. The number of hydrogen-bond donors (Lipinski definition) is 2. The molecule has 1 rings (SSSR count). The summed E-state index contributed by atoms with van der Waals surface area (Å²) in [5.41, 5.74) is 0.728. The van der Waals surface area contributed by atoms with Crippen LogP contribution < -0.4 is 10.6 Å². The minimum Gasteiger partial charge on any atom is -0.354 e. The Morgan fingerprint density at radius 3 is 2.15 bits per heavy atom. The second kappa shape index (κ2) is 7.14. The van der Waals surface area contributed by atoms with E-state index in [4.69, 9.17) is 11.6 Å².